The van der Waals surface area contributed by atoms with Gasteiger partial charge >= 0.3 is 6.03 Å². The monoisotopic (exact) mass is 395 g/mol. The van der Waals surface area contributed by atoms with Gasteiger partial charge in [-0.05, 0) is 43.1 Å². The Bertz CT molecular complexity index is 937. The first-order chi connectivity index (χ1) is 14.1. The van der Waals surface area contributed by atoms with Gasteiger partial charge in [-0.1, -0.05) is 30.3 Å². The van der Waals surface area contributed by atoms with Crippen LogP contribution in [0, 0.1) is 5.41 Å². The van der Waals surface area contributed by atoms with Gasteiger partial charge in [0.15, 0.2) is 0 Å². The molecular formula is C21H25N5O3. The van der Waals surface area contributed by atoms with E-state index in [2.05, 4.69) is 10.2 Å². The Kier molecular flexibility index (Phi) is 3.62. The van der Waals surface area contributed by atoms with Crippen molar-refractivity contribution in [3.8, 4) is 0 Å². The fraction of sp³-hybridized carbons (Fsp3) is 0.571. The van der Waals surface area contributed by atoms with Crippen LogP contribution >= 0.6 is 0 Å². The van der Waals surface area contributed by atoms with E-state index in [4.69, 9.17) is 15.0 Å². The van der Waals surface area contributed by atoms with Crippen molar-refractivity contribution >= 4 is 6.03 Å². The zero-order valence-electron chi connectivity index (χ0n) is 16.3. The van der Waals surface area contributed by atoms with Gasteiger partial charge < -0.3 is 15.1 Å². The number of benzene rings is 1. The van der Waals surface area contributed by atoms with Crippen molar-refractivity contribution in [1.82, 2.24) is 20.2 Å². The van der Waals surface area contributed by atoms with Gasteiger partial charge in [0.05, 0.1) is 11.5 Å². The topological polar surface area (TPSA) is 97.7 Å². The number of piperidine rings is 1. The van der Waals surface area contributed by atoms with Gasteiger partial charge in [-0.3, -0.25) is 4.84 Å². The summed E-state index contributed by atoms with van der Waals surface area (Å²) in [6.45, 7) is 1.56. The molecule has 1 spiro atoms. The molecule has 0 unspecified atom stereocenters. The van der Waals surface area contributed by atoms with Crippen molar-refractivity contribution < 1.29 is 14.0 Å². The molecule has 8 nitrogen and oxygen atoms in total. The van der Waals surface area contributed by atoms with Gasteiger partial charge in [0.2, 0.25) is 11.8 Å². The summed E-state index contributed by atoms with van der Waals surface area (Å²) in [5, 5.41) is 10.2. The molecule has 2 atom stereocenters. The molecule has 2 aliphatic carbocycles. The molecule has 8 heteroatoms. The van der Waals surface area contributed by atoms with E-state index < -0.39 is 0 Å². The molecule has 29 heavy (non-hydrogen) atoms. The van der Waals surface area contributed by atoms with Gasteiger partial charge in [-0.2, -0.15) is 5.06 Å². The van der Waals surface area contributed by atoms with E-state index in [-0.39, 0.29) is 28.9 Å². The lowest BCUT2D eigenvalue weighted by Crippen LogP contribution is -2.42. The van der Waals surface area contributed by atoms with E-state index in [1.165, 1.54) is 0 Å². The smallest absolute Gasteiger partial charge is 0.345 e. The molecule has 0 radical (unpaired) electrons. The Morgan fingerprint density at radius 1 is 1.17 bits per heavy atom. The second kappa shape index (κ2) is 6.03. The van der Waals surface area contributed by atoms with E-state index in [0.29, 0.717) is 31.5 Å². The van der Waals surface area contributed by atoms with Crippen LogP contribution in [0.3, 0.4) is 0 Å². The van der Waals surface area contributed by atoms with Crippen LogP contribution in [-0.2, 0) is 16.9 Å². The van der Waals surface area contributed by atoms with Crippen LogP contribution in [0.5, 0.6) is 0 Å². The maximum atomic E-state index is 13.2. The highest BCUT2D eigenvalue weighted by atomic mass is 16.7. The summed E-state index contributed by atoms with van der Waals surface area (Å²) in [7, 11) is 0. The number of carbonyl (C=O) groups is 1. The standard InChI is InChI=1S/C21H25N5O3/c22-13-21(8-9-21)18-24-23-17(29-18)15-10-20(6-7-20)16-11-25(15)19(27)26(16)28-12-14-4-2-1-3-5-14/h1-5,15-16H,6-13,22H2/t15-,16-/m0/s1. The third-order valence-corrected chi connectivity index (χ3v) is 7.30. The molecule has 2 saturated carbocycles. The SMILES string of the molecule is NCC1(c2nnc([C@@H]3CC4(CC4)[C@@H]4CN3C(=O)N4OCc3ccccc3)o2)CC1. The van der Waals surface area contributed by atoms with Crippen molar-refractivity contribution in [3.63, 3.8) is 0 Å². The van der Waals surface area contributed by atoms with Crippen LogP contribution in [0.1, 0.15) is 55.5 Å². The average Bonchev–Trinajstić information content (AvgIpc) is 3.65. The lowest BCUT2D eigenvalue weighted by atomic mass is 9.85. The fourth-order valence-electron chi connectivity index (χ4n) is 4.95. The highest BCUT2D eigenvalue weighted by Gasteiger charge is 2.64. The number of carbonyl (C=O) groups excluding carboxylic acids is 1. The number of hydrogen-bond acceptors (Lipinski definition) is 6. The molecule has 4 fully saturated rings. The summed E-state index contributed by atoms with van der Waals surface area (Å²) in [6, 6.07) is 9.76. The maximum absolute atomic E-state index is 13.2. The largest absolute Gasteiger partial charge is 0.422 e. The maximum Gasteiger partial charge on any atom is 0.345 e. The van der Waals surface area contributed by atoms with Crippen molar-refractivity contribution in [3.05, 3.63) is 47.7 Å². The van der Waals surface area contributed by atoms with Crippen molar-refractivity contribution in [2.45, 2.75) is 56.2 Å². The van der Waals surface area contributed by atoms with Gasteiger partial charge in [-0.15, -0.1) is 10.2 Å². The summed E-state index contributed by atoms with van der Waals surface area (Å²) in [5.41, 5.74) is 6.92. The molecule has 2 N–H and O–H groups in total. The number of fused-ring (bicyclic) bond motifs is 3. The molecule has 2 amide bonds. The Morgan fingerprint density at radius 2 is 1.97 bits per heavy atom. The van der Waals surface area contributed by atoms with Crippen LogP contribution in [-0.4, -0.2) is 45.3 Å². The first-order valence-electron chi connectivity index (χ1n) is 10.4. The summed E-state index contributed by atoms with van der Waals surface area (Å²) < 4.78 is 6.07. The molecule has 6 rings (SSSR count). The zero-order valence-corrected chi connectivity index (χ0v) is 16.3. The van der Waals surface area contributed by atoms with E-state index in [9.17, 15) is 4.79 Å². The van der Waals surface area contributed by atoms with E-state index in [0.717, 1.165) is 37.7 Å². The normalized spacial score (nSPS) is 28.2. The van der Waals surface area contributed by atoms with E-state index >= 15 is 0 Å². The number of urea groups is 1. The molecule has 1 aromatic carbocycles. The lowest BCUT2D eigenvalue weighted by molar-refractivity contribution is -0.153. The Morgan fingerprint density at radius 3 is 2.66 bits per heavy atom. The first kappa shape index (κ1) is 17.4. The molecule has 2 aromatic rings. The molecular weight excluding hydrogens is 370 g/mol. The summed E-state index contributed by atoms with van der Waals surface area (Å²) in [5.74, 6) is 1.17. The van der Waals surface area contributed by atoms with Gasteiger partial charge in [0.25, 0.3) is 0 Å². The molecule has 152 valence electrons. The van der Waals surface area contributed by atoms with Gasteiger partial charge in [0, 0.05) is 13.1 Å². The minimum absolute atomic E-state index is 0.0937. The van der Waals surface area contributed by atoms with Crippen LogP contribution < -0.4 is 5.73 Å². The van der Waals surface area contributed by atoms with Crippen molar-refractivity contribution in [2.75, 3.05) is 13.1 Å². The molecule has 3 heterocycles. The summed E-state index contributed by atoms with van der Waals surface area (Å²) in [4.78, 5) is 21.1. The number of nitrogens with zero attached hydrogens (tertiary/aromatic N) is 4. The minimum Gasteiger partial charge on any atom is -0.422 e. The zero-order chi connectivity index (χ0) is 19.6. The summed E-state index contributed by atoms with van der Waals surface area (Å²) in [6.07, 6.45) is 5.05. The predicted octanol–water partition coefficient (Wildman–Crippen LogP) is 2.52. The predicted molar refractivity (Wildman–Crippen MR) is 102 cm³/mol. The summed E-state index contributed by atoms with van der Waals surface area (Å²) >= 11 is 0. The highest BCUT2D eigenvalue weighted by Crippen LogP contribution is 2.62. The van der Waals surface area contributed by atoms with Gasteiger partial charge in [-0.25, -0.2) is 4.79 Å². The van der Waals surface area contributed by atoms with Crippen LogP contribution in [0.15, 0.2) is 34.7 Å². The number of hydroxylamine groups is 2. The van der Waals surface area contributed by atoms with Crippen molar-refractivity contribution in [1.29, 1.82) is 0 Å². The molecule has 2 bridgehead atoms. The quantitative estimate of drug-likeness (QED) is 0.807. The Hall–Kier alpha value is -2.45. The van der Waals surface area contributed by atoms with Gasteiger partial charge in [0.1, 0.15) is 12.6 Å². The Labute approximate surface area is 169 Å². The number of rotatable bonds is 6. The molecule has 1 aromatic heterocycles. The average molecular weight is 395 g/mol. The lowest BCUT2D eigenvalue weighted by Gasteiger charge is -2.35. The number of nitrogens with two attached hydrogens (primary N) is 1. The first-order valence-corrected chi connectivity index (χ1v) is 10.4. The number of aromatic nitrogens is 2. The second-order valence-corrected chi connectivity index (χ2v) is 9.05. The number of amides is 2. The van der Waals surface area contributed by atoms with Crippen LogP contribution in [0.4, 0.5) is 4.79 Å². The third kappa shape index (κ3) is 2.62. The van der Waals surface area contributed by atoms with E-state index in [1.54, 1.807) is 5.06 Å². The Balaban J connectivity index is 1.25. The van der Waals surface area contributed by atoms with E-state index in [1.807, 2.05) is 35.2 Å². The minimum atomic E-state index is -0.179. The molecule has 2 saturated heterocycles. The fourth-order valence-corrected chi connectivity index (χ4v) is 4.95. The highest BCUT2D eigenvalue weighted by molar-refractivity contribution is 5.77. The molecule has 2 aliphatic heterocycles. The number of hydrogen-bond donors (Lipinski definition) is 1. The third-order valence-electron chi connectivity index (χ3n) is 7.30. The van der Waals surface area contributed by atoms with Crippen molar-refractivity contribution in [2.24, 2.45) is 11.1 Å². The molecule has 4 aliphatic rings. The van der Waals surface area contributed by atoms with Crippen LogP contribution in [0.2, 0.25) is 0 Å². The second-order valence-electron chi connectivity index (χ2n) is 9.05. The van der Waals surface area contributed by atoms with Crippen LogP contribution in [0.25, 0.3) is 0 Å².